The van der Waals surface area contributed by atoms with Gasteiger partial charge in [0.2, 0.25) is 0 Å². The molecule has 2 atom stereocenters. The predicted molar refractivity (Wildman–Crippen MR) is 40.7 cm³/mol. The molecule has 0 aromatic rings. The van der Waals surface area contributed by atoms with Crippen molar-refractivity contribution in [2.75, 3.05) is 19.7 Å². The molecule has 0 aliphatic carbocycles. The van der Waals surface area contributed by atoms with Gasteiger partial charge in [0.1, 0.15) is 0 Å². The predicted octanol–water partition coefficient (Wildman–Crippen LogP) is -0.600. The van der Waals surface area contributed by atoms with Crippen LogP contribution in [0.3, 0.4) is 0 Å². The van der Waals surface area contributed by atoms with Crippen LogP contribution in [0.4, 0.5) is 0 Å². The summed E-state index contributed by atoms with van der Waals surface area (Å²) in [7, 11) is 0. The smallest absolute Gasteiger partial charge is 0.0584 e. The second kappa shape index (κ2) is 3.32. The van der Waals surface area contributed by atoms with E-state index in [0.29, 0.717) is 6.04 Å². The third kappa shape index (κ3) is 1.68. The summed E-state index contributed by atoms with van der Waals surface area (Å²) in [6, 6.07) is 0.613. The van der Waals surface area contributed by atoms with Crippen molar-refractivity contribution in [1.29, 1.82) is 0 Å². The lowest BCUT2D eigenvalue weighted by Gasteiger charge is -2.21. The normalized spacial score (nSPS) is 30.9. The Hall–Kier alpha value is -0.120. The molecule has 1 saturated heterocycles. The minimum Gasteiger partial charge on any atom is -0.395 e. The molecule has 1 unspecified atom stereocenters. The number of rotatable bonds is 2. The maximum Gasteiger partial charge on any atom is 0.0584 e. The SMILES string of the molecule is C[C@@H](CO)N1CCC(N)C1. The number of nitrogens with zero attached hydrogens (tertiary/aromatic N) is 1. The molecule has 1 fully saturated rings. The number of hydrogen-bond acceptors (Lipinski definition) is 3. The van der Waals surface area contributed by atoms with Gasteiger partial charge in [-0.15, -0.1) is 0 Å². The van der Waals surface area contributed by atoms with Crippen LogP contribution in [0.2, 0.25) is 0 Å². The van der Waals surface area contributed by atoms with E-state index in [-0.39, 0.29) is 12.6 Å². The molecule has 0 aromatic heterocycles. The van der Waals surface area contributed by atoms with Crippen LogP contribution in [0.15, 0.2) is 0 Å². The molecule has 1 aliphatic heterocycles. The van der Waals surface area contributed by atoms with E-state index < -0.39 is 0 Å². The van der Waals surface area contributed by atoms with Gasteiger partial charge < -0.3 is 10.8 Å². The Morgan fingerprint density at radius 2 is 2.50 bits per heavy atom. The van der Waals surface area contributed by atoms with Crippen LogP contribution >= 0.6 is 0 Å². The third-order valence-electron chi connectivity index (χ3n) is 2.14. The zero-order chi connectivity index (χ0) is 7.56. The first-order valence-corrected chi connectivity index (χ1v) is 3.84. The van der Waals surface area contributed by atoms with Crippen LogP contribution in [0.25, 0.3) is 0 Å². The van der Waals surface area contributed by atoms with Gasteiger partial charge in [-0.1, -0.05) is 0 Å². The molecule has 60 valence electrons. The molecule has 0 radical (unpaired) electrons. The van der Waals surface area contributed by atoms with Gasteiger partial charge in [0, 0.05) is 25.2 Å². The fourth-order valence-electron chi connectivity index (χ4n) is 1.33. The highest BCUT2D eigenvalue weighted by molar-refractivity contribution is 4.80. The van der Waals surface area contributed by atoms with Crippen molar-refractivity contribution in [3.63, 3.8) is 0 Å². The van der Waals surface area contributed by atoms with E-state index in [1.54, 1.807) is 0 Å². The Bertz CT molecular complexity index is 108. The van der Waals surface area contributed by atoms with Crippen LogP contribution < -0.4 is 5.73 Å². The Morgan fingerprint density at radius 3 is 2.90 bits per heavy atom. The Balaban J connectivity index is 2.29. The molecule has 3 heteroatoms. The van der Waals surface area contributed by atoms with Gasteiger partial charge in [0.25, 0.3) is 0 Å². The number of nitrogens with two attached hydrogens (primary N) is 1. The molecule has 1 aliphatic rings. The number of hydrogen-bond donors (Lipinski definition) is 2. The largest absolute Gasteiger partial charge is 0.395 e. The number of aliphatic hydroxyl groups is 1. The highest BCUT2D eigenvalue weighted by Crippen LogP contribution is 2.09. The maximum absolute atomic E-state index is 8.80. The van der Waals surface area contributed by atoms with Gasteiger partial charge in [0.05, 0.1) is 6.61 Å². The van der Waals surface area contributed by atoms with Crippen molar-refractivity contribution in [3.05, 3.63) is 0 Å². The van der Waals surface area contributed by atoms with E-state index in [4.69, 9.17) is 10.8 Å². The van der Waals surface area contributed by atoms with E-state index in [1.807, 2.05) is 6.92 Å². The van der Waals surface area contributed by atoms with Crippen LogP contribution in [0.1, 0.15) is 13.3 Å². The van der Waals surface area contributed by atoms with E-state index in [2.05, 4.69) is 4.90 Å². The summed E-state index contributed by atoms with van der Waals surface area (Å²) >= 11 is 0. The quantitative estimate of drug-likeness (QED) is 0.544. The third-order valence-corrected chi connectivity index (χ3v) is 2.14. The first kappa shape index (κ1) is 7.98. The van der Waals surface area contributed by atoms with Gasteiger partial charge in [-0.3, -0.25) is 4.90 Å². The monoisotopic (exact) mass is 144 g/mol. The van der Waals surface area contributed by atoms with E-state index in [9.17, 15) is 0 Å². The Morgan fingerprint density at radius 1 is 1.80 bits per heavy atom. The molecule has 3 nitrogen and oxygen atoms in total. The summed E-state index contributed by atoms with van der Waals surface area (Å²) in [5.41, 5.74) is 5.69. The zero-order valence-electron chi connectivity index (χ0n) is 6.45. The first-order chi connectivity index (χ1) is 4.74. The summed E-state index contributed by atoms with van der Waals surface area (Å²) in [5, 5.41) is 8.80. The minimum atomic E-state index is 0.243. The molecular weight excluding hydrogens is 128 g/mol. The lowest BCUT2D eigenvalue weighted by Crippen LogP contribution is -2.35. The standard InChI is InChI=1S/C7H16N2O/c1-6(5-10)9-3-2-7(8)4-9/h6-7,10H,2-5,8H2,1H3/t6-,7?/m0/s1. The van der Waals surface area contributed by atoms with Gasteiger partial charge in [-0.2, -0.15) is 0 Å². The summed E-state index contributed by atoms with van der Waals surface area (Å²) in [5.74, 6) is 0. The van der Waals surface area contributed by atoms with Crippen molar-refractivity contribution in [3.8, 4) is 0 Å². The molecule has 0 spiro atoms. The summed E-state index contributed by atoms with van der Waals surface area (Å²) in [6.45, 7) is 4.26. The lowest BCUT2D eigenvalue weighted by molar-refractivity contribution is 0.157. The highest BCUT2D eigenvalue weighted by atomic mass is 16.3. The maximum atomic E-state index is 8.80. The first-order valence-electron chi connectivity index (χ1n) is 3.84. The summed E-state index contributed by atoms with van der Waals surface area (Å²) < 4.78 is 0. The fourth-order valence-corrected chi connectivity index (χ4v) is 1.33. The van der Waals surface area contributed by atoms with Crippen molar-refractivity contribution in [1.82, 2.24) is 4.90 Å². The van der Waals surface area contributed by atoms with Gasteiger partial charge >= 0.3 is 0 Å². The molecule has 0 saturated carbocycles. The van der Waals surface area contributed by atoms with Crippen LogP contribution in [-0.4, -0.2) is 41.8 Å². The summed E-state index contributed by atoms with van der Waals surface area (Å²) in [4.78, 5) is 2.23. The van der Waals surface area contributed by atoms with Gasteiger partial charge in [0.15, 0.2) is 0 Å². The summed E-state index contributed by atoms with van der Waals surface area (Å²) in [6.07, 6.45) is 1.07. The van der Waals surface area contributed by atoms with Crippen LogP contribution in [0, 0.1) is 0 Å². The van der Waals surface area contributed by atoms with Crippen LogP contribution in [-0.2, 0) is 0 Å². The van der Waals surface area contributed by atoms with Crippen molar-refractivity contribution in [2.24, 2.45) is 5.73 Å². The molecule has 3 N–H and O–H groups in total. The van der Waals surface area contributed by atoms with E-state index in [0.717, 1.165) is 19.5 Å². The van der Waals surface area contributed by atoms with Crippen molar-refractivity contribution >= 4 is 0 Å². The van der Waals surface area contributed by atoms with Gasteiger partial charge in [-0.25, -0.2) is 0 Å². The van der Waals surface area contributed by atoms with Crippen molar-refractivity contribution < 1.29 is 5.11 Å². The molecule has 1 rings (SSSR count). The number of aliphatic hydroxyl groups excluding tert-OH is 1. The minimum absolute atomic E-state index is 0.243. The second-order valence-corrected chi connectivity index (χ2v) is 3.08. The topological polar surface area (TPSA) is 49.5 Å². The molecular formula is C7H16N2O. The molecule has 0 bridgehead atoms. The van der Waals surface area contributed by atoms with Gasteiger partial charge in [-0.05, 0) is 13.3 Å². The van der Waals surface area contributed by atoms with Crippen LogP contribution in [0.5, 0.6) is 0 Å². The zero-order valence-corrected chi connectivity index (χ0v) is 6.45. The number of likely N-dealkylation sites (tertiary alicyclic amines) is 1. The van der Waals surface area contributed by atoms with Crippen molar-refractivity contribution in [2.45, 2.75) is 25.4 Å². The average molecular weight is 144 g/mol. The highest BCUT2D eigenvalue weighted by Gasteiger charge is 2.22. The molecule has 0 amide bonds. The average Bonchev–Trinajstić information content (AvgIpc) is 2.34. The molecule has 1 heterocycles. The Kier molecular flexibility index (Phi) is 2.65. The lowest BCUT2D eigenvalue weighted by atomic mass is 10.3. The Labute approximate surface area is 61.8 Å². The van der Waals surface area contributed by atoms with E-state index in [1.165, 1.54) is 0 Å². The molecule has 0 aromatic carbocycles. The second-order valence-electron chi connectivity index (χ2n) is 3.08. The molecule has 10 heavy (non-hydrogen) atoms. The fraction of sp³-hybridized carbons (Fsp3) is 1.00. The van der Waals surface area contributed by atoms with E-state index >= 15 is 0 Å².